The molecule has 5 nitrogen and oxygen atoms in total. The summed E-state index contributed by atoms with van der Waals surface area (Å²) in [6.07, 6.45) is 0.558. The van der Waals surface area contributed by atoms with Crippen LogP contribution in [0.1, 0.15) is 19.4 Å². The standard InChI is InChI=1S/C23H27NO4S/c1-3-28-23(27)16-24(21-12-8-5-9-13-21)15-22(26)20(17-29-18(2)25)14-19-10-6-4-7-11-19/h4-13,20H,3,14-17H2,1-2H3. The average molecular weight is 414 g/mol. The van der Waals surface area contributed by atoms with Crippen molar-refractivity contribution in [2.24, 2.45) is 5.92 Å². The van der Waals surface area contributed by atoms with Gasteiger partial charge < -0.3 is 9.64 Å². The predicted molar refractivity (Wildman–Crippen MR) is 117 cm³/mol. The van der Waals surface area contributed by atoms with Gasteiger partial charge >= 0.3 is 5.97 Å². The summed E-state index contributed by atoms with van der Waals surface area (Å²) in [6, 6.07) is 19.1. The Hall–Kier alpha value is -2.60. The van der Waals surface area contributed by atoms with Crippen molar-refractivity contribution in [2.45, 2.75) is 20.3 Å². The highest BCUT2D eigenvalue weighted by Gasteiger charge is 2.24. The van der Waals surface area contributed by atoms with Crippen LogP contribution in [-0.2, 0) is 25.5 Å². The minimum Gasteiger partial charge on any atom is -0.465 e. The van der Waals surface area contributed by atoms with Crippen molar-refractivity contribution in [3.8, 4) is 0 Å². The first-order chi connectivity index (χ1) is 14.0. The van der Waals surface area contributed by atoms with Gasteiger partial charge in [0.05, 0.1) is 13.2 Å². The first-order valence-electron chi connectivity index (χ1n) is 9.65. The zero-order chi connectivity index (χ0) is 21.1. The van der Waals surface area contributed by atoms with Gasteiger partial charge in [0.2, 0.25) is 0 Å². The van der Waals surface area contributed by atoms with Gasteiger partial charge in [-0.15, -0.1) is 0 Å². The highest BCUT2D eigenvalue weighted by molar-refractivity contribution is 8.13. The van der Waals surface area contributed by atoms with Crippen LogP contribution in [-0.4, -0.2) is 42.3 Å². The van der Waals surface area contributed by atoms with Crippen molar-refractivity contribution in [1.29, 1.82) is 0 Å². The molecule has 0 bridgehead atoms. The molecule has 0 aliphatic carbocycles. The number of ether oxygens (including phenoxy) is 1. The maximum absolute atomic E-state index is 13.2. The lowest BCUT2D eigenvalue weighted by atomic mass is 9.96. The van der Waals surface area contributed by atoms with E-state index in [0.717, 1.165) is 23.0 Å². The lowest BCUT2D eigenvalue weighted by molar-refractivity contribution is -0.141. The van der Waals surface area contributed by atoms with Crippen LogP contribution in [0.4, 0.5) is 5.69 Å². The molecule has 0 saturated heterocycles. The molecule has 2 rings (SSSR count). The molecule has 154 valence electrons. The Labute approximate surface area is 176 Å². The van der Waals surface area contributed by atoms with Crippen LogP contribution in [0, 0.1) is 5.92 Å². The fourth-order valence-electron chi connectivity index (χ4n) is 2.94. The van der Waals surface area contributed by atoms with Crippen molar-refractivity contribution >= 4 is 34.3 Å². The van der Waals surface area contributed by atoms with E-state index in [1.165, 1.54) is 6.92 Å². The molecular weight excluding hydrogens is 386 g/mol. The molecule has 0 spiro atoms. The lowest BCUT2D eigenvalue weighted by Gasteiger charge is -2.25. The summed E-state index contributed by atoms with van der Waals surface area (Å²) in [5.74, 6) is -0.275. The first-order valence-corrected chi connectivity index (χ1v) is 10.6. The molecule has 0 aliphatic heterocycles. The first kappa shape index (κ1) is 22.7. The van der Waals surface area contributed by atoms with Crippen LogP contribution in [0.5, 0.6) is 0 Å². The van der Waals surface area contributed by atoms with Crippen molar-refractivity contribution in [3.63, 3.8) is 0 Å². The molecule has 2 aromatic carbocycles. The monoisotopic (exact) mass is 413 g/mol. The second-order valence-corrected chi connectivity index (χ2v) is 7.85. The molecule has 0 saturated carbocycles. The summed E-state index contributed by atoms with van der Waals surface area (Å²) in [6.45, 7) is 3.64. The Morgan fingerprint density at radius 2 is 1.59 bits per heavy atom. The lowest BCUT2D eigenvalue weighted by Crippen LogP contribution is -2.38. The zero-order valence-electron chi connectivity index (χ0n) is 16.9. The van der Waals surface area contributed by atoms with Crippen molar-refractivity contribution in [1.82, 2.24) is 0 Å². The molecule has 1 atom stereocenters. The van der Waals surface area contributed by atoms with E-state index in [2.05, 4.69) is 0 Å². The molecule has 0 aromatic heterocycles. The molecule has 0 N–H and O–H groups in total. The average Bonchev–Trinajstić information content (AvgIpc) is 2.72. The van der Waals surface area contributed by atoms with Crippen LogP contribution < -0.4 is 4.90 Å². The third kappa shape index (κ3) is 8.11. The maximum atomic E-state index is 13.2. The van der Waals surface area contributed by atoms with Crippen molar-refractivity contribution in [2.75, 3.05) is 30.3 Å². The Morgan fingerprint density at radius 3 is 2.17 bits per heavy atom. The molecular formula is C23H27NO4S. The molecule has 0 radical (unpaired) electrons. The minimum absolute atomic E-state index is 0.00149. The number of ketones is 1. The number of carbonyl (C=O) groups is 3. The number of carbonyl (C=O) groups excluding carboxylic acids is 3. The molecule has 0 heterocycles. The Balaban J connectivity index is 2.16. The summed E-state index contributed by atoms with van der Waals surface area (Å²) < 4.78 is 5.07. The van der Waals surface area contributed by atoms with Gasteiger partial charge in [-0.3, -0.25) is 14.4 Å². The fourth-order valence-corrected chi connectivity index (χ4v) is 3.68. The van der Waals surface area contributed by atoms with Gasteiger partial charge in [0.25, 0.3) is 0 Å². The van der Waals surface area contributed by atoms with E-state index < -0.39 is 0 Å². The predicted octanol–water partition coefficient (Wildman–Crippen LogP) is 3.76. The SMILES string of the molecule is CCOC(=O)CN(CC(=O)C(CSC(C)=O)Cc1ccccc1)c1ccccc1. The summed E-state index contributed by atoms with van der Waals surface area (Å²) in [4.78, 5) is 38.4. The van der Waals surface area contributed by atoms with Crippen LogP contribution in [0.25, 0.3) is 0 Å². The van der Waals surface area contributed by atoms with Crippen LogP contribution >= 0.6 is 11.8 Å². The number of para-hydroxylation sites is 1. The van der Waals surface area contributed by atoms with E-state index in [4.69, 9.17) is 4.74 Å². The van der Waals surface area contributed by atoms with E-state index in [0.29, 0.717) is 18.8 Å². The van der Waals surface area contributed by atoms with Gasteiger partial charge in [-0.25, -0.2) is 0 Å². The topological polar surface area (TPSA) is 63.7 Å². The smallest absolute Gasteiger partial charge is 0.325 e. The van der Waals surface area contributed by atoms with Crippen LogP contribution in [0.2, 0.25) is 0 Å². The maximum Gasteiger partial charge on any atom is 0.325 e. The second kappa shape index (κ2) is 12.1. The summed E-state index contributed by atoms with van der Waals surface area (Å²) in [5.41, 5.74) is 1.83. The van der Waals surface area contributed by atoms with Crippen LogP contribution in [0.15, 0.2) is 60.7 Å². The van der Waals surface area contributed by atoms with Gasteiger partial charge in [0, 0.05) is 24.3 Å². The number of anilines is 1. The van der Waals surface area contributed by atoms with Gasteiger partial charge in [-0.1, -0.05) is 60.3 Å². The number of hydrogen-bond acceptors (Lipinski definition) is 6. The third-order valence-electron chi connectivity index (χ3n) is 4.36. The molecule has 0 fully saturated rings. The molecule has 2 aromatic rings. The molecule has 0 amide bonds. The molecule has 6 heteroatoms. The van der Waals surface area contributed by atoms with Gasteiger partial charge in [0.1, 0.15) is 6.54 Å². The summed E-state index contributed by atoms with van der Waals surface area (Å²) in [7, 11) is 0. The molecule has 1 unspecified atom stereocenters. The van der Waals surface area contributed by atoms with E-state index in [1.807, 2.05) is 60.7 Å². The Kier molecular flexibility index (Phi) is 9.44. The number of Topliss-reactive ketones (excluding diaryl/α,β-unsaturated/α-hetero) is 1. The number of nitrogens with zero attached hydrogens (tertiary/aromatic N) is 1. The number of benzene rings is 2. The van der Waals surface area contributed by atoms with E-state index >= 15 is 0 Å². The number of esters is 1. The Morgan fingerprint density at radius 1 is 0.966 bits per heavy atom. The zero-order valence-corrected chi connectivity index (χ0v) is 17.7. The second-order valence-electron chi connectivity index (χ2n) is 6.65. The van der Waals surface area contributed by atoms with Gasteiger partial charge in [0.15, 0.2) is 10.9 Å². The fraction of sp³-hybridized carbons (Fsp3) is 0.348. The minimum atomic E-state index is -0.373. The highest BCUT2D eigenvalue weighted by Crippen LogP contribution is 2.19. The summed E-state index contributed by atoms with van der Waals surface area (Å²) in [5, 5.41) is -0.0118. The van der Waals surface area contributed by atoms with Crippen molar-refractivity contribution < 1.29 is 19.1 Å². The van der Waals surface area contributed by atoms with E-state index in [9.17, 15) is 14.4 Å². The normalized spacial score (nSPS) is 11.5. The highest BCUT2D eigenvalue weighted by atomic mass is 32.2. The summed E-state index contributed by atoms with van der Waals surface area (Å²) >= 11 is 1.16. The third-order valence-corrected chi connectivity index (χ3v) is 5.34. The number of rotatable bonds is 11. The van der Waals surface area contributed by atoms with Crippen LogP contribution in [0.3, 0.4) is 0 Å². The van der Waals surface area contributed by atoms with Gasteiger partial charge in [-0.05, 0) is 31.0 Å². The van der Waals surface area contributed by atoms with E-state index in [-0.39, 0.29) is 35.9 Å². The molecule has 29 heavy (non-hydrogen) atoms. The number of thioether (sulfide) groups is 1. The van der Waals surface area contributed by atoms with Gasteiger partial charge in [-0.2, -0.15) is 0 Å². The number of hydrogen-bond donors (Lipinski definition) is 0. The quantitative estimate of drug-likeness (QED) is 0.523. The van der Waals surface area contributed by atoms with Crippen molar-refractivity contribution in [3.05, 3.63) is 66.2 Å². The molecule has 0 aliphatic rings. The largest absolute Gasteiger partial charge is 0.465 e. The van der Waals surface area contributed by atoms with E-state index in [1.54, 1.807) is 11.8 Å². The Bertz CT molecular complexity index is 795.